The highest BCUT2D eigenvalue weighted by Crippen LogP contribution is 2.61. The number of carbonyl (C=O) groups is 1. The van der Waals surface area contributed by atoms with Crippen LogP contribution in [0.25, 0.3) is 0 Å². The smallest absolute Gasteiger partial charge is 0.222 e. The molecular weight excluding hydrogens is 196 g/mol. The van der Waals surface area contributed by atoms with Gasteiger partial charge in [-0.05, 0) is 73.3 Å². The van der Waals surface area contributed by atoms with E-state index in [4.69, 9.17) is 11.6 Å². The minimum atomic E-state index is -0.105. The Bertz CT molecular complexity index is 236. The maximum Gasteiger partial charge on any atom is 0.222 e. The van der Waals surface area contributed by atoms with Gasteiger partial charge in [0.1, 0.15) is 0 Å². The second kappa shape index (κ2) is 2.98. The number of halogens is 1. The Hall–Kier alpha value is -0.0400. The third-order valence-electron chi connectivity index (χ3n) is 4.68. The Kier molecular flexibility index (Phi) is 1.96. The lowest BCUT2D eigenvalue weighted by Gasteiger charge is -2.56. The lowest BCUT2D eigenvalue weighted by Crippen LogP contribution is -2.46. The van der Waals surface area contributed by atoms with Crippen LogP contribution in [0.3, 0.4) is 0 Å². The summed E-state index contributed by atoms with van der Waals surface area (Å²) in [6, 6.07) is 0. The zero-order valence-corrected chi connectivity index (χ0v) is 9.22. The molecule has 0 aromatic rings. The van der Waals surface area contributed by atoms with Crippen molar-refractivity contribution in [2.45, 2.75) is 44.9 Å². The van der Waals surface area contributed by atoms with Crippen molar-refractivity contribution >= 4 is 16.8 Å². The standard InChI is InChI=1S/C12H17ClO/c13-11(14)7-12-4-8-1-9(5-12)3-10(2-8)6-12/h8-10H,1-7H2/t8-,9?,10?,12+. The molecule has 14 heavy (non-hydrogen) atoms. The van der Waals surface area contributed by atoms with Crippen LogP contribution in [0.15, 0.2) is 0 Å². The third-order valence-corrected chi connectivity index (χ3v) is 4.81. The van der Waals surface area contributed by atoms with Gasteiger partial charge in [0.15, 0.2) is 0 Å². The van der Waals surface area contributed by atoms with Crippen LogP contribution in [0.4, 0.5) is 0 Å². The van der Waals surface area contributed by atoms with Gasteiger partial charge in [-0.25, -0.2) is 0 Å². The van der Waals surface area contributed by atoms with Gasteiger partial charge < -0.3 is 0 Å². The minimum absolute atomic E-state index is 0.105. The van der Waals surface area contributed by atoms with Crippen molar-refractivity contribution in [3.05, 3.63) is 0 Å². The van der Waals surface area contributed by atoms with Crippen LogP contribution in [0.1, 0.15) is 44.9 Å². The molecule has 0 N–H and O–H groups in total. The van der Waals surface area contributed by atoms with Crippen LogP contribution in [-0.2, 0) is 4.79 Å². The zero-order valence-electron chi connectivity index (χ0n) is 8.47. The van der Waals surface area contributed by atoms with Crippen molar-refractivity contribution < 1.29 is 4.79 Å². The predicted octanol–water partition coefficient (Wildman–Crippen LogP) is 3.36. The fraction of sp³-hybridized carbons (Fsp3) is 0.917. The van der Waals surface area contributed by atoms with Gasteiger partial charge in [0, 0.05) is 6.42 Å². The Balaban J connectivity index is 1.83. The van der Waals surface area contributed by atoms with E-state index in [0.29, 0.717) is 11.8 Å². The molecular formula is C12H17ClO. The van der Waals surface area contributed by atoms with Crippen molar-refractivity contribution in [2.75, 3.05) is 0 Å². The Morgan fingerprint density at radius 1 is 1.07 bits per heavy atom. The molecule has 0 amide bonds. The Labute approximate surface area is 90.2 Å². The molecule has 0 saturated heterocycles. The van der Waals surface area contributed by atoms with Gasteiger partial charge in [-0.2, -0.15) is 0 Å². The molecule has 0 spiro atoms. The van der Waals surface area contributed by atoms with Crippen molar-refractivity contribution in [3.8, 4) is 0 Å². The van der Waals surface area contributed by atoms with Crippen molar-refractivity contribution in [1.82, 2.24) is 0 Å². The quantitative estimate of drug-likeness (QED) is 0.642. The Morgan fingerprint density at radius 3 is 1.86 bits per heavy atom. The molecule has 4 aliphatic carbocycles. The monoisotopic (exact) mass is 212 g/mol. The van der Waals surface area contributed by atoms with Crippen molar-refractivity contribution in [1.29, 1.82) is 0 Å². The number of rotatable bonds is 2. The van der Waals surface area contributed by atoms with E-state index >= 15 is 0 Å². The van der Waals surface area contributed by atoms with E-state index in [1.165, 1.54) is 38.5 Å². The predicted molar refractivity (Wildman–Crippen MR) is 56.1 cm³/mol. The lowest BCUT2D eigenvalue weighted by atomic mass is 9.49. The molecule has 0 radical (unpaired) electrons. The summed E-state index contributed by atoms with van der Waals surface area (Å²) in [5, 5.41) is -0.105. The Morgan fingerprint density at radius 2 is 1.50 bits per heavy atom. The maximum atomic E-state index is 11.1. The minimum Gasteiger partial charge on any atom is -0.281 e. The van der Waals surface area contributed by atoms with Gasteiger partial charge in [0.25, 0.3) is 0 Å². The van der Waals surface area contributed by atoms with E-state index in [2.05, 4.69) is 0 Å². The van der Waals surface area contributed by atoms with Crippen LogP contribution < -0.4 is 0 Å². The van der Waals surface area contributed by atoms with E-state index in [1.54, 1.807) is 0 Å². The molecule has 1 nitrogen and oxygen atoms in total. The molecule has 0 aromatic carbocycles. The van der Waals surface area contributed by atoms with E-state index in [9.17, 15) is 4.79 Å². The molecule has 4 saturated carbocycles. The fourth-order valence-electron chi connectivity index (χ4n) is 4.80. The van der Waals surface area contributed by atoms with Crippen LogP contribution in [0.2, 0.25) is 0 Å². The first kappa shape index (κ1) is 9.21. The molecule has 0 atom stereocenters. The van der Waals surface area contributed by atoms with E-state index in [0.717, 1.165) is 17.8 Å². The van der Waals surface area contributed by atoms with Gasteiger partial charge in [-0.1, -0.05) is 0 Å². The van der Waals surface area contributed by atoms with Gasteiger partial charge in [0.05, 0.1) is 0 Å². The van der Waals surface area contributed by atoms with Gasteiger partial charge in [-0.3, -0.25) is 4.79 Å². The highest BCUT2D eigenvalue weighted by Gasteiger charge is 2.51. The van der Waals surface area contributed by atoms with E-state index in [-0.39, 0.29) is 5.24 Å². The van der Waals surface area contributed by atoms with E-state index < -0.39 is 0 Å². The van der Waals surface area contributed by atoms with E-state index in [1.807, 2.05) is 0 Å². The third kappa shape index (κ3) is 1.41. The molecule has 78 valence electrons. The molecule has 4 bridgehead atoms. The fourth-order valence-corrected chi connectivity index (χ4v) is 5.08. The summed E-state index contributed by atoms with van der Waals surface area (Å²) in [5.41, 5.74) is 0.341. The maximum absolute atomic E-state index is 11.1. The largest absolute Gasteiger partial charge is 0.281 e. The van der Waals surface area contributed by atoms with Crippen molar-refractivity contribution in [3.63, 3.8) is 0 Å². The van der Waals surface area contributed by atoms with Crippen LogP contribution in [-0.4, -0.2) is 5.24 Å². The first-order valence-electron chi connectivity index (χ1n) is 5.84. The average molecular weight is 213 g/mol. The summed E-state index contributed by atoms with van der Waals surface area (Å²) in [6.07, 6.45) is 8.84. The summed E-state index contributed by atoms with van der Waals surface area (Å²) < 4.78 is 0. The summed E-state index contributed by atoms with van der Waals surface area (Å²) in [5.74, 6) is 2.78. The molecule has 0 aromatic heterocycles. The number of hydrogen-bond acceptors (Lipinski definition) is 1. The highest BCUT2D eigenvalue weighted by molar-refractivity contribution is 6.63. The summed E-state index contributed by atoms with van der Waals surface area (Å²) >= 11 is 5.57. The number of hydrogen-bond donors (Lipinski definition) is 0. The molecule has 0 unspecified atom stereocenters. The number of carbonyl (C=O) groups excluding carboxylic acids is 1. The molecule has 0 heterocycles. The first-order chi connectivity index (χ1) is 6.65. The summed E-state index contributed by atoms with van der Waals surface area (Å²) in [6.45, 7) is 0. The van der Waals surface area contributed by atoms with Crippen LogP contribution in [0, 0.1) is 23.2 Å². The molecule has 2 heteroatoms. The van der Waals surface area contributed by atoms with Crippen LogP contribution in [0.5, 0.6) is 0 Å². The average Bonchev–Trinajstić information content (AvgIpc) is 1.96. The van der Waals surface area contributed by atoms with Gasteiger partial charge >= 0.3 is 0 Å². The topological polar surface area (TPSA) is 17.1 Å². The molecule has 4 aliphatic rings. The highest BCUT2D eigenvalue weighted by atomic mass is 35.5. The summed E-state index contributed by atoms with van der Waals surface area (Å²) in [7, 11) is 0. The molecule has 0 aliphatic heterocycles. The van der Waals surface area contributed by atoms with Crippen molar-refractivity contribution in [2.24, 2.45) is 23.2 Å². The van der Waals surface area contributed by atoms with Gasteiger partial charge in [0.2, 0.25) is 5.24 Å². The second-order valence-corrected chi connectivity index (χ2v) is 6.37. The molecule has 4 fully saturated rings. The second-order valence-electron chi connectivity index (χ2n) is 5.95. The normalized spacial score (nSPS) is 49.6. The first-order valence-corrected chi connectivity index (χ1v) is 6.21. The summed E-state index contributed by atoms with van der Waals surface area (Å²) in [4.78, 5) is 11.1. The lowest BCUT2D eigenvalue weighted by molar-refractivity contribution is -0.119. The zero-order chi connectivity index (χ0) is 9.76. The SMILES string of the molecule is O=C(Cl)C[C@]12CC3CC(C[C@@H](C3)C1)C2. The van der Waals surface area contributed by atoms with Gasteiger partial charge in [-0.15, -0.1) is 0 Å². The van der Waals surface area contributed by atoms with Crippen LogP contribution >= 0.6 is 11.6 Å². The molecule has 4 rings (SSSR count).